The molecule has 0 unspecified atom stereocenters. The zero-order valence-corrected chi connectivity index (χ0v) is 22.9. The average molecular weight is 568 g/mol. The van der Waals surface area contributed by atoms with Gasteiger partial charge in [-0.15, -0.1) is 5.10 Å². The second-order valence-corrected chi connectivity index (χ2v) is 11.2. The summed E-state index contributed by atoms with van der Waals surface area (Å²) >= 11 is 6.51. The van der Waals surface area contributed by atoms with Gasteiger partial charge >= 0.3 is 0 Å². The first-order valence-electron chi connectivity index (χ1n) is 13.6. The minimum absolute atomic E-state index is 0.00950. The Kier molecular flexibility index (Phi) is 8.07. The van der Waals surface area contributed by atoms with Crippen molar-refractivity contribution in [3.05, 3.63) is 39.4 Å². The van der Waals surface area contributed by atoms with Crippen LogP contribution in [0.25, 0.3) is 0 Å². The van der Waals surface area contributed by atoms with Crippen LogP contribution < -0.4 is 4.74 Å². The number of ether oxygens (including phenoxy) is 1. The Morgan fingerprint density at radius 2 is 1.97 bits per heavy atom. The molecule has 1 saturated heterocycles. The first kappa shape index (κ1) is 27.7. The van der Waals surface area contributed by atoms with Crippen molar-refractivity contribution < 1.29 is 27.5 Å². The molecule has 8 nitrogen and oxygen atoms in total. The third-order valence-corrected chi connectivity index (χ3v) is 8.76. The molecule has 3 heterocycles. The summed E-state index contributed by atoms with van der Waals surface area (Å²) in [4.78, 5) is 30.1. The molecule has 0 N–H and O–H groups in total. The van der Waals surface area contributed by atoms with Gasteiger partial charge in [-0.1, -0.05) is 36.6 Å². The third-order valence-electron chi connectivity index (χ3n) is 8.42. The van der Waals surface area contributed by atoms with Crippen LogP contribution in [0.1, 0.15) is 80.4 Å². The molecule has 3 atom stereocenters. The number of aromatic nitrogens is 3. The minimum atomic E-state index is -2.84. The maximum absolute atomic E-state index is 15.5. The summed E-state index contributed by atoms with van der Waals surface area (Å²) in [5.74, 6) is -0.890. The van der Waals surface area contributed by atoms with Gasteiger partial charge in [-0.3, -0.25) is 9.59 Å². The van der Waals surface area contributed by atoms with Gasteiger partial charge in [0.25, 0.3) is 6.43 Å². The third kappa shape index (κ3) is 5.34. The minimum Gasteiger partial charge on any atom is -0.484 e. The molecule has 2 aliphatic heterocycles. The molecule has 1 aromatic carbocycles. The number of aryl methyl sites for hydroxylation is 1. The van der Waals surface area contributed by atoms with Gasteiger partial charge in [0.05, 0.1) is 6.04 Å². The summed E-state index contributed by atoms with van der Waals surface area (Å²) in [6, 6.07) is 0.469. The number of benzene rings is 1. The molecule has 0 spiro atoms. The van der Waals surface area contributed by atoms with E-state index >= 15 is 4.39 Å². The van der Waals surface area contributed by atoms with Crippen LogP contribution in [0.3, 0.4) is 0 Å². The number of amides is 2. The molecule has 212 valence electrons. The highest BCUT2D eigenvalue weighted by Gasteiger charge is 2.41. The fraction of sp³-hybridized carbons (Fsp3) is 0.630. The van der Waals surface area contributed by atoms with Crippen LogP contribution in [-0.4, -0.2) is 56.2 Å². The molecule has 1 aromatic heterocycles. The van der Waals surface area contributed by atoms with Crippen LogP contribution in [0.4, 0.5) is 13.2 Å². The van der Waals surface area contributed by atoms with Gasteiger partial charge in [0.1, 0.15) is 18.0 Å². The lowest BCUT2D eigenvalue weighted by Gasteiger charge is -2.43. The molecular weight excluding hydrogens is 535 g/mol. The fourth-order valence-electron chi connectivity index (χ4n) is 6.33. The second kappa shape index (κ2) is 11.3. The molecule has 1 saturated carbocycles. The van der Waals surface area contributed by atoms with E-state index in [-0.39, 0.29) is 46.7 Å². The first-order chi connectivity index (χ1) is 18.7. The van der Waals surface area contributed by atoms with Gasteiger partial charge in [-0.2, -0.15) is 0 Å². The molecule has 2 fully saturated rings. The number of halogens is 4. The standard InChI is InChI=1S/C27H33ClF3N5O3/c1-15-6-3-4-7-16(15)27(38)36-11-9-17-18(28)12-19(29)25(23(17)21(36)13-35-10-5-8-22(35)37)39-14-20-24(26(30)31)34(2)33-32-20/h12,15-16,21,26H,3-11,13-14H2,1-2H3/t15-,16+,21+/m0/s1. The van der Waals surface area contributed by atoms with Crippen LogP contribution >= 0.6 is 11.6 Å². The lowest BCUT2D eigenvalue weighted by Crippen LogP contribution is -2.49. The SMILES string of the molecule is C[C@H]1CCCC[C@H]1C(=O)N1CCc2c(Cl)cc(F)c(OCc3nnn(C)c3C(F)F)c2[C@H]1CN1CCCC1=O. The Morgan fingerprint density at radius 3 is 2.67 bits per heavy atom. The molecule has 2 amide bonds. The van der Waals surface area contributed by atoms with Gasteiger partial charge in [0.15, 0.2) is 11.6 Å². The Bertz CT molecular complexity index is 1260. The van der Waals surface area contributed by atoms with Crippen molar-refractivity contribution in [3.8, 4) is 5.75 Å². The van der Waals surface area contributed by atoms with Crippen LogP contribution in [0.5, 0.6) is 5.75 Å². The monoisotopic (exact) mass is 567 g/mol. The van der Waals surface area contributed by atoms with E-state index < -0.39 is 30.6 Å². The smallest absolute Gasteiger partial charge is 0.282 e. The molecular formula is C27H33ClF3N5O3. The van der Waals surface area contributed by atoms with Gasteiger partial charge in [0.2, 0.25) is 11.8 Å². The normalized spacial score (nSPS) is 23.5. The number of alkyl halides is 2. The van der Waals surface area contributed by atoms with E-state index in [1.54, 1.807) is 9.80 Å². The van der Waals surface area contributed by atoms with Crippen molar-refractivity contribution in [2.45, 2.75) is 70.9 Å². The summed E-state index contributed by atoms with van der Waals surface area (Å²) in [7, 11) is 1.35. The van der Waals surface area contributed by atoms with Gasteiger partial charge < -0.3 is 14.5 Å². The Morgan fingerprint density at radius 1 is 1.21 bits per heavy atom. The first-order valence-corrected chi connectivity index (χ1v) is 13.9. The maximum Gasteiger partial charge on any atom is 0.282 e. The van der Waals surface area contributed by atoms with Crippen LogP contribution in [0.2, 0.25) is 5.02 Å². The largest absolute Gasteiger partial charge is 0.484 e. The van der Waals surface area contributed by atoms with Crippen molar-refractivity contribution >= 4 is 23.4 Å². The predicted molar refractivity (Wildman–Crippen MR) is 137 cm³/mol. The molecule has 0 radical (unpaired) electrons. The van der Waals surface area contributed by atoms with Crippen LogP contribution in [0.15, 0.2) is 6.07 Å². The quantitative estimate of drug-likeness (QED) is 0.470. The van der Waals surface area contributed by atoms with Crippen molar-refractivity contribution in [1.82, 2.24) is 24.8 Å². The number of carbonyl (C=O) groups is 2. The Balaban J connectivity index is 1.54. The number of rotatable bonds is 7. The Labute approximate surface area is 230 Å². The topological polar surface area (TPSA) is 80.6 Å². The highest BCUT2D eigenvalue weighted by atomic mass is 35.5. The maximum atomic E-state index is 15.5. The molecule has 1 aliphatic carbocycles. The zero-order chi connectivity index (χ0) is 27.8. The highest BCUT2D eigenvalue weighted by Crippen LogP contribution is 2.44. The number of nitrogens with zero attached hydrogens (tertiary/aromatic N) is 5. The average Bonchev–Trinajstić information content (AvgIpc) is 3.48. The molecule has 5 rings (SSSR count). The van der Waals surface area contributed by atoms with Crippen molar-refractivity contribution in [2.24, 2.45) is 18.9 Å². The number of carbonyl (C=O) groups excluding carboxylic acids is 2. The summed E-state index contributed by atoms with van der Waals surface area (Å²) < 4.78 is 49.6. The van der Waals surface area contributed by atoms with Crippen molar-refractivity contribution in [1.29, 1.82) is 0 Å². The van der Waals surface area contributed by atoms with E-state index in [2.05, 4.69) is 17.2 Å². The van der Waals surface area contributed by atoms with Crippen LogP contribution in [0, 0.1) is 17.7 Å². The molecule has 39 heavy (non-hydrogen) atoms. The van der Waals surface area contributed by atoms with Gasteiger partial charge in [-0.25, -0.2) is 17.9 Å². The second-order valence-electron chi connectivity index (χ2n) is 10.8. The lowest BCUT2D eigenvalue weighted by atomic mass is 9.78. The fourth-order valence-corrected chi connectivity index (χ4v) is 6.62. The van der Waals surface area contributed by atoms with E-state index in [9.17, 15) is 18.4 Å². The molecule has 0 bridgehead atoms. The van der Waals surface area contributed by atoms with Gasteiger partial charge in [0, 0.05) is 49.6 Å². The van der Waals surface area contributed by atoms with Crippen molar-refractivity contribution in [3.63, 3.8) is 0 Å². The summed E-state index contributed by atoms with van der Waals surface area (Å²) in [6.45, 7) is 2.75. The highest BCUT2D eigenvalue weighted by molar-refractivity contribution is 6.31. The Hall–Kier alpha value is -2.82. The molecule has 2 aromatic rings. The summed E-state index contributed by atoms with van der Waals surface area (Å²) in [5, 5.41) is 7.64. The van der Waals surface area contributed by atoms with E-state index in [4.69, 9.17) is 16.3 Å². The van der Waals surface area contributed by atoms with Crippen molar-refractivity contribution in [2.75, 3.05) is 19.6 Å². The van der Waals surface area contributed by atoms with Gasteiger partial charge in [-0.05, 0) is 43.2 Å². The van der Waals surface area contributed by atoms with E-state index in [1.807, 2.05) is 0 Å². The zero-order valence-electron chi connectivity index (χ0n) is 22.1. The number of hydrogen-bond donors (Lipinski definition) is 0. The number of fused-ring (bicyclic) bond motifs is 1. The number of likely N-dealkylation sites (tertiary alicyclic amines) is 1. The van der Waals surface area contributed by atoms with E-state index in [0.717, 1.165) is 36.4 Å². The van der Waals surface area contributed by atoms with Crippen LogP contribution in [-0.2, 0) is 29.7 Å². The molecule has 3 aliphatic rings. The number of hydrogen-bond acceptors (Lipinski definition) is 5. The van der Waals surface area contributed by atoms with E-state index in [0.29, 0.717) is 43.5 Å². The predicted octanol–water partition coefficient (Wildman–Crippen LogP) is 5.00. The molecule has 12 heteroatoms. The van der Waals surface area contributed by atoms with E-state index in [1.165, 1.54) is 7.05 Å². The summed E-state index contributed by atoms with van der Waals surface area (Å²) in [6.07, 6.45) is 2.49. The summed E-state index contributed by atoms with van der Waals surface area (Å²) in [5.41, 5.74) is 0.506. The lowest BCUT2D eigenvalue weighted by molar-refractivity contribution is -0.143.